The number of hydrogen-bond acceptors (Lipinski definition) is 5. The third kappa shape index (κ3) is 3.01. The molecule has 0 aliphatic carbocycles. The molecule has 0 aliphatic rings. The maximum absolute atomic E-state index is 9.16. The monoisotopic (exact) mass is 228 g/mol. The minimum absolute atomic E-state index is 0.0000274. The molecule has 1 aromatic carbocycles. The zero-order valence-electron chi connectivity index (χ0n) is 9.34. The third-order valence-electron chi connectivity index (χ3n) is 2.01. The van der Waals surface area contributed by atoms with Gasteiger partial charge in [-0.25, -0.2) is 0 Å². The minimum atomic E-state index is -0.907. The van der Waals surface area contributed by atoms with Crippen LogP contribution in [0, 0.1) is 0 Å². The Labute approximate surface area is 94.2 Å². The van der Waals surface area contributed by atoms with Crippen LogP contribution < -0.4 is 14.2 Å². The number of hydrogen-bond donors (Lipinski definition) is 2. The molecule has 1 aromatic rings. The van der Waals surface area contributed by atoms with Crippen LogP contribution in [0.25, 0.3) is 0 Å². The van der Waals surface area contributed by atoms with Gasteiger partial charge in [0.1, 0.15) is 12.7 Å². The lowest BCUT2D eigenvalue weighted by molar-refractivity contribution is 0.0526. The molecule has 0 aliphatic heterocycles. The van der Waals surface area contributed by atoms with Gasteiger partial charge in [0.05, 0.1) is 20.8 Å². The third-order valence-corrected chi connectivity index (χ3v) is 2.01. The SMILES string of the molecule is COc1cccc(OCC(O)CO)c1OC. The van der Waals surface area contributed by atoms with Gasteiger partial charge >= 0.3 is 0 Å². The Morgan fingerprint density at radius 1 is 1.19 bits per heavy atom. The van der Waals surface area contributed by atoms with Gasteiger partial charge in [0.2, 0.25) is 5.75 Å². The van der Waals surface area contributed by atoms with E-state index >= 15 is 0 Å². The summed E-state index contributed by atoms with van der Waals surface area (Å²) in [4.78, 5) is 0. The summed E-state index contributed by atoms with van der Waals surface area (Å²) in [6.07, 6.45) is -0.907. The van der Waals surface area contributed by atoms with Crippen LogP contribution in [-0.4, -0.2) is 43.8 Å². The first-order valence-corrected chi connectivity index (χ1v) is 4.85. The number of rotatable bonds is 6. The van der Waals surface area contributed by atoms with Crippen molar-refractivity contribution in [2.24, 2.45) is 0 Å². The molecular formula is C11H16O5. The lowest BCUT2D eigenvalue weighted by Gasteiger charge is -2.14. The van der Waals surface area contributed by atoms with E-state index in [1.54, 1.807) is 18.2 Å². The Balaban J connectivity index is 2.78. The molecule has 0 aromatic heterocycles. The number of methoxy groups -OCH3 is 2. The Kier molecular flexibility index (Phi) is 4.88. The standard InChI is InChI=1S/C11H16O5/c1-14-9-4-3-5-10(11(9)15-2)16-7-8(13)6-12/h3-5,8,12-13H,6-7H2,1-2H3. The lowest BCUT2D eigenvalue weighted by atomic mass is 10.3. The molecule has 5 heteroatoms. The number of ether oxygens (including phenoxy) is 3. The molecule has 1 rings (SSSR count). The first-order valence-electron chi connectivity index (χ1n) is 4.85. The van der Waals surface area contributed by atoms with Crippen LogP contribution in [0.1, 0.15) is 0 Å². The van der Waals surface area contributed by atoms with Crippen molar-refractivity contribution in [3.63, 3.8) is 0 Å². The molecule has 0 fully saturated rings. The van der Waals surface area contributed by atoms with Crippen LogP contribution in [0.2, 0.25) is 0 Å². The van der Waals surface area contributed by atoms with E-state index in [0.29, 0.717) is 17.2 Å². The molecule has 0 heterocycles. The molecule has 0 amide bonds. The van der Waals surface area contributed by atoms with Crippen LogP contribution >= 0.6 is 0 Å². The van der Waals surface area contributed by atoms with Crippen molar-refractivity contribution < 1.29 is 24.4 Å². The van der Waals surface area contributed by atoms with E-state index in [4.69, 9.17) is 24.4 Å². The van der Waals surface area contributed by atoms with Gasteiger partial charge in [-0.3, -0.25) is 0 Å². The Hall–Kier alpha value is -1.46. The summed E-state index contributed by atoms with van der Waals surface area (Å²) in [5, 5.41) is 17.8. The zero-order chi connectivity index (χ0) is 12.0. The van der Waals surface area contributed by atoms with Gasteiger partial charge < -0.3 is 24.4 Å². The quantitative estimate of drug-likeness (QED) is 0.739. The van der Waals surface area contributed by atoms with Crippen LogP contribution in [-0.2, 0) is 0 Å². The van der Waals surface area contributed by atoms with E-state index in [9.17, 15) is 0 Å². The number of aliphatic hydroxyl groups excluding tert-OH is 2. The second kappa shape index (κ2) is 6.19. The molecule has 2 N–H and O–H groups in total. The number of para-hydroxylation sites is 1. The highest BCUT2D eigenvalue weighted by molar-refractivity contribution is 5.50. The van der Waals surface area contributed by atoms with E-state index in [1.165, 1.54) is 14.2 Å². The predicted octanol–water partition coefficient (Wildman–Crippen LogP) is 0.436. The van der Waals surface area contributed by atoms with Crippen molar-refractivity contribution >= 4 is 0 Å². The van der Waals surface area contributed by atoms with Crippen LogP contribution in [0.15, 0.2) is 18.2 Å². The summed E-state index contributed by atoms with van der Waals surface area (Å²) >= 11 is 0. The molecule has 1 unspecified atom stereocenters. The maximum atomic E-state index is 9.16. The van der Waals surface area contributed by atoms with E-state index in [1.807, 2.05) is 0 Å². The highest BCUT2D eigenvalue weighted by Gasteiger charge is 2.12. The maximum Gasteiger partial charge on any atom is 0.203 e. The van der Waals surface area contributed by atoms with Gasteiger partial charge in [-0.2, -0.15) is 0 Å². The van der Waals surface area contributed by atoms with Gasteiger partial charge in [0, 0.05) is 0 Å². The van der Waals surface area contributed by atoms with Gasteiger partial charge in [0.25, 0.3) is 0 Å². The van der Waals surface area contributed by atoms with Crippen molar-refractivity contribution in [2.45, 2.75) is 6.10 Å². The normalized spacial score (nSPS) is 12.0. The van der Waals surface area contributed by atoms with E-state index in [2.05, 4.69) is 0 Å². The molecule has 16 heavy (non-hydrogen) atoms. The average Bonchev–Trinajstić information content (AvgIpc) is 2.34. The van der Waals surface area contributed by atoms with E-state index in [0.717, 1.165) is 0 Å². The van der Waals surface area contributed by atoms with Gasteiger partial charge in [-0.05, 0) is 12.1 Å². The van der Waals surface area contributed by atoms with Crippen molar-refractivity contribution in [3.05, 3.63) is 18.2 Å². The van der Waals surface area contributed by atoms with Crippen molar-refractivity contribution in [3.8, 4) is 17.2 Å². The summed E-state index contributed by atoms with van der Waals surface area (Å²) in [5.74, 6) is 1.49. The van der Waals surface area contributed by atoms with Crippen LogP contribution in [0.3, 0.4) is 0 Å². The topological polar surface area (TPSA) is 68.2 Å². The fraction of sp³-hybridized carbons (Fsp3) is 0.455. The highest BCUT2D eigenvalue weighted by Crippen LogP contribution is 2.36. The second-order valence-electron chi connectivity index (χ2n) is 3.14. The fourth-order valence-electron chi connectivity index (χ4n) is 1.21. The smallest absolute Gasteiger partial charge is 0.203 e. The second-order valence-corrected chi connectivity index (χ2v) is 3.14. The summed E-state index contributed by atoms with van der Waals surface area (Å²) in [7, 11) is 3.04. The van der Waals surface area contributed by atoms with Crippen molar-refractivity contribution in [2.75, 3.05) is 27.4 Å². The zero-order valence-corrected chi connectivity index (χ0v) is 9.34. The predicted molar refractivity (Wildman–Crippen MR) is 58.1 cm³/mol. The van der Waals surface area contributed by atoms with Crippen LogP contribution in [0.4, 0.5) is 0 Å². The Morgan fingerprint density at radius 3 is 2.44 bits per heavy atom. The largest absolute Gasteiger partial charge is 0.493 e. The molecule has 0 bridgehead atoms. The molecule has 0 radical (unpaired) electrons. The summed E-state index contributed by atoms with van der Waals surface area (Å²) < 4.78 is 15.5. The van der Waals surface area contributed by atoms with E-state index < -0.39 is 6.10 Å². The van der Waals surface area contributed by atoms with Crippen LogP contribution in [0.5, 0.6) is 17.2 Å². The Bertz CT molecular complexity index is 326. The molecule has 90 valence electrons. The van der Waals surface area contributed by atoms with Crippen molar-refractivity contribution in [1.29, 1.82) is 0 Å². The van der Waals surface area contributed by atoms with E-state index in [-0.39, 0.29) is 13.2 Å². The molecule has 5 nitrogen and oxygen atoms in total. The summed E-state index contributed by atoms with van der Waals surface area (Å²) in [5.41, 5.74) is 0. The molecule has 0 saturated carbocycles. The number of aliphatic hydroxyl groups is 2. The first kappa shape index (κ1) is 12.6. The van der Waals surface area contributed by atoms with Crippen molar-refractivity contribution in [1.82, 2.24) is 0 Å². The lowest BCUT2D eigenvalue weighted by Crippen LogP contribution is -2.21. The van der Waals surface area contributed by atoms with Gasteiger partial charge in [-0.15, -0.1) is 0 Å². The van der Waals surface area contributed by atoms with Gasteiger partial charge in [-0.1, -0.05) is 6.07 Å². The summed E-state index contributed by atoms with van der Waals surface area (Å²) in [6, 6.07) is 5.20. The molecular weight excluding hydrogens is 212 g/mol. The highest BCUT2D eigenvalue weighted by atomic mass is 16.5. The first-order chi connectivity index (χ1) is 7.72. The molecule has 0 spiro atoms. The minimum Gasteiger partial charge on any atom is -0.493 e. The number of benzene rings is 1. The Morgan fingerprint density at radius 2 is 1.88 bits per heavy atom. The average molecular weight is 228 g/mol. The van der Waals surface area contributed by atoms with Gasteiger partial charge in [0.15, 0.2) is 11.5 Å². The molecule has 0 saturated heterocycles. The summed E-state index contributed by atoms with van der Waals surface area (Å²) in [6.45, 7) is -0.341. The molecule has 1 atom stereocenters. The fourth-order valence-corrected chi connectivity index (χ4v) is 1.21.